The summed E-state index contributed by atoms with van der Waals surface area (Å²) in [6.45, 7) is 3.66. The highest BCUT2D eigenvalue weighted by Crippen LogP contribution is 2.26. The average molecular weight is 464 g/mol. The Hall–Kier alpha value is -2.93. The van der Waals surface area contributed by atoms with Crippen LogP contribution in [0.15, 0.2) is 53.6 Å². The number of hydrogen-bond acceptors (Lipinski definition) is 5. The Labute approximate surface area is 201 Å². The topological polar surface area (TPSA) is 60.0 Å². The molecular weight excluding hydrogens is 429 g/mol. The Bertz CT molecular complexity index is 995. The molecule has 0 saturated carbocycles. The first-order valence-electron chi connectivity index (χ1n) is 12.6. The maximum Gasteiger partial charge on any atom is 0.260 e. The summed E-state index contributed by atoms with van der Waals surface area (Å²) in [4.78, 5) is 17.8. The number of hydrogen-bond donors (Lipinski definition) is 2. The number of amides is 1. The van der Waals surface area contributed by atoms with Crippen LogP contribution in [0.5, 0.6) is 0 Å². The van der Waals surface area contributed by atoms with Crippen molar-refractivity contribution in [1.82, 2.24) is 15.2 Å². The van der Waals surface area contributed by atoms with E-state index in [2.05, 4.69) is 32.9 Å². The van der Waals surface area contributed by atoms with Gasteiger partial charge in [0.1, 0.15) is 5.82 Å². The lowest BCUT2D eigenvalue weighted by atomic mass is 9.99. The Morgan fingerprint density at radius 2 is 1.56 bits per heavy atom. The average Bonchev–Trinajstić information content (AvgIpc) is 3.39. The molecule has 2 saturated heterocycles. The minimum Gasteiger partial charge on any atom is -0.362 e. The van der Waals surface area contributed by atoms with Gasteiger partial charge in [-0.1, -0.05) is 30.7 Å². The van der Waals surface area contributed by atoms with E-state index < -0.39 is 0 Å². The predicted molar refractivity (Wildman–Crippen MR) is 133 cm³/mol. The molecule has 0 bridgehead atoms. The highest BCUT2D eigenvalue weighted by molar-refractivity contribution is 6.02. The fourth-order valence-electron chi connectivity index (χ4n) is 5.20. The summed E-state index contributed by atoms with van der Waals surface area (Å²) in [7, 11) is 0. The Morgan fingerprint density at radius 3 is 2.24 bits per heavy atom. The molecule has 3 aliphatic rings. The van der Waals surface area contributed by atoms with Crippen molar-refractivity contribution in [3.63, 3.8) is 0 Å². The SMILES string of the molecule is O=C(C(Nc1ccc(C2=NNC(c3ccc(F)cc3)C2)cc1)N1CCCCC1)N1CCCCC1. The fourth-order valence-corrected chi connectivity index (χ4v) is 5.20. The monoisotopic (exact) mass is 463 g/mol. The van der Waals surface area contributed by atoms with Crippen LogP contribution in [0.2, 0.25) is 0 Å². The summed E-state index contributed by atoms with van der Waals surface area (Å²) in [5, 5.41) is 8.07. The standard InChI is InChI=1S/C27H34FN5O/c28-22-11-7-20(8-12-22)24-19-25(31-30-24)21-9-13-23(14-10-21)29-26(32-15-3-1-4-16-32)27(34)33-17-5-2-6-18-33/h7-14,24,26,29-30H,1-6,15-19H2. The molecule has 0 radical (unpaired) electrons. The third-order valence-electron chi connectivity index (χ3n) is 7.20. The maximum atomic E-state index is 13.4. The van der Waals surface area contributed by atoms with Gasteiger partial charge in [-0.2, -0.15) is 5.10 Å². The summed E-state index contributed by atoms with van der Waals surface area (Å²) in [6, 6.07) is 14.9. The molecule has 3 aliphatic heterocycles. The highest BCUT2D eigenvalue weighted by Gasteiger charge is 2.31. The molecule has 0 aromatic heterocycles. The minimum atomic E-state index is -0.308. The van der Waals surface area contributed by atoms with Gasteiger partial charge in [-0.05, 0) is 67.5 Å². The summed E-state index contributed by atoms with van der Waals surface area (Å²) in [6.07, 6.45) is 7.39. The number of likely N-dealkylation sites (tertiary alicyclic amines) is 2. The fraction of sp³-hybridized carbons (Fsp3) is 0.481. The summed E-state index contributed by atoms with van der Waals surface area (Å²) in [5.41, 5.74) is 7.19. The van der Waals surface area contributed by atoms with Crippen LogP contribution in [0.3, 0.4) is 0 Å². The molecule has 2 unspecified atom stereocenters. The lowest BCUT2D eigenvalue weighted by Gasteiger charge is -2.38. The molecule has 7 heteroatoms. The van der Waals surface area contributed by atoms with E-state index in [1.165, 1.54) is 25.0 Å². The number of rotatable bonds is 6. The Morgan fingerprint density at radius 1 is 0.912 bits per heavy atom. The van der Waals surface area contributed by atoms with Crippen LogP contribution in [0, 0.1) is 5.82 Å². The third kappa shape index (κ3) is 5.25. The van der Waals surface area contributed by atoms with E-state index in [0.29, 0.717) is 0 Å². The zero-order valence-corrected chi connectivity index (χ0v) is 19.7. The minimum absolute atomic E-state index is 0.0547. The first kappa shape index (κ1) is 22.8. The van der Waals surface area contributed by atoms with Crippen molar-refractivity contribution in [2.24, 2.45) is 5.10 Å². The van der Waals surface area contributed by atoms with Gasteiger partial charge in [0, 0.05) is 38.3 Å². The van der Waals surface area contributed by atoms with Crippen LogP contribution >= 0.6 is 0 Å². The van der Waals surface area contributed by atoms with Gasteiger partial charge in [-0.3, -0.25) is 9.69 Å². The summed E-state index contributed by atoms with van der Waals surface area (Å²) >= 11 is 0. The molecule has 0 spiro atoms. The highest BCUT2D eigenvalue weighted by atomic mass is 19.1. The second-order valence-electron chi connectivity index (χ2n) is 9.60. The van der Waals surface area contributed by atoms with Crippen LogP contribution in [0.1, 0.15) is 62.1 Å². The second kappa shape index (κ2) is 10.6. The molecule has 2 aromatic carbocycles. The van der Waals surface area contributed by atoms with E-state index in [-0.39, 0.29) is 23.9 Å². The number of piperidine rings is 2. The molecule has 3 heterocycles. The molecule has 2 fully saturated rings. The van der Waals surface area contributed by atoms with Crippen LogP contribution in [-0.2, 0) is 4.79 Å². The number of nitrogens with one attached hydrogen (secondary N) is 2. The number of carbonyl (C=O) groups is 1. The van der Waals surface area contributed by atoms with Gasteiger partial charge in [0.15, 0.2) is 6.17 Å². The molecule has 0 aliphatic carbocycles. The molecule has 5 rings (SSSR count). The largest absolute Gasteiger partial charge is 0.362 e. The molecule has 6 nitrogen and oxygen atoms in total. The van der Waals surface area contributed by atoms with Crippen LogP contribution in [0.4, 0.5) is 10.1 Å². The van der Waals surface area contributed by atoms with Crippen molar-refractivity contribution in [2.45, 2.75) is 57.2 Å². The number of carbonyl (C=O) groups excluding carboxylic acids is 1. The van der Waals surface area contributed by atoms with E-state index >= 15 is 0 Å². The number of hydrazone groups is 1. The molecule has 34 heavy (non-hydrogen) atoms. The lowest BCUT2D eigenvalue weighted by molar-refractivity contribution is -0.137. The van der Waals surface area contributed by atoms with Gasteiger partial charge in [0.2, 0.25) is 0 Å². The summed E-state index contributed by atoms with van der Waals surface area (Å²) < 4.78 is 13.2. The van der Waals surface area contributed by atoms with Crippen molar-refractivity contribution in [3.8, 4) is 0 Å². The molecule has 1 amide bonds. The van der Waals surface area contributed by atoms with Gasteiger partial charge < -0.3 is 15.6 Å². The van der Waals surface area contributed by atoms with Crippen LogP contribution < -0.4 is 10.7 Å². The summed E-state index contributed by atoms with van der Waals surface area (Å²) in [5.74, 6) is -0.0233. The van der Waals surface area contributed by atoms with Gasteiger partial charge in [0.05, 0.1) is 11.8 Å². The Kier molecular flexibility index (Phi) is 7.09. The molecule has 2 atom stereocenters. The number of halogens is 1. The zero-order valence-electron chi connectivity index (χ0n) is 19.7. The maximum absolute atomic E-state index is 13.4. The quantitative estimate of drug-likeness (QED) is 0.662. The second-order valence-corrected chi connectivity index (χ2v) is 9.60. The first-order chi connectivity index (χ1) is 16.7. The van der Waals surface area contributed by atoms with Crippen molar-refractivity contribution in [1.29, 1.82) is 0 Å². The van der Waals surface area contributed by atoms with Crippen molar-refractivity contribution >= 4 is 17.3 Å². The first-order valence-corrected chi connectivity index (χ1v) is 12.6. The number of anilines is 1. The van der Waals surface area contributed by atoms with Crippen molar-refractivity contribution in [2.75, 3.05) is 31.5 Å². The molecule has 180 valence electrons. The van der Waals surface area contributed by atoms with E-state index in [4.69, 9.17) is 0 Å². The van der Waals surface area contributed by atoms with Crippen molar-refractivity contribution in [3.05, 3.63) is 65.5 Å². The molecule has 2 aromatic rings. The third-order valence-corrected chi connectivity index (χ3v) is 7.20. The van der Waals surface area contributed by atoms with Gasteiger partial charge in [0.25, 0.3) is 5.91 Å². The normalized spacial score (nSPS) is 22.1. The van der Waals surface area contributed by atoms with E-state index in [0.717, 1.165) is 80.8 Å². The van der Waals surface area contributed by atoms with Gasteiger partial charge in [-0.15, -0.1) is 0 Å². The number of benzene rings is 2. The number of nitrogens with zero attached hydrogens (tertiary/aromatic N) is 3. The zero-order chi connectivity index (χ0) is 23.3. The Balaban J connectivity index is 1.25. The van der Waals surface area contributed by atoms with E-state index in [9.17, 15) is 9.18 Å². The lowest BCUT2D eigenvalue weighted by Crippen LogP contribution is -2.55. The van der Waals surface area contributed by atoms with Crippen LogP contribution in [0.25, 0.3) is 0 Å². The molecule has 2 N–H and O–H groups in total. The van der Waals surface area contributed by atoms with E-state index in [1.807, 2.05) is 17.0 Å². The smallest absolute Gasteiger partial charge is 0.260 e. The van der Waals surface area contributed by atoms with Gasteiger partial charge in [-0.25, -0.2) is 4.39 Å². The van der Waals surface area contributed by atoms with Crippen molar-refractivity contribution < 1.29 is 9.18 Å². The predicted octanol–water partition coefficient (Wildman–Crippen LogP) is 4.50. The molecular formula is C27H34FN5O. The van der Waals surface area contributed by atoms with Gasteiger partial charge >= 0.3 is 0 Å². The van der Waals surface area contributed by atoms with Crippen LogP contribution in [-0.4, -0.2) is 53.8 Å². The van der Waals surface area contributed by atoms with E-state index in [1.54, 1.807) is 12.1 Å².